The van der Waals surface area contributed by atoms with Crippen LogP contribution < -0.4 is 5.73 Å². The van der Waals surface area contributed by atoms with Gasteiger partial charge in [0.25, 0.3) is 5.91 Å². The van der Waals surface area contributed by atoms with Gasteiger partial charge in [-0.15, -0.1) is 0 Å². The molecule has 100 valence electrons. The first-order chi connectivity index (χ1) is 9.20. The highest BCUT2D eigenvalue weighted by molar-refractivity contribution is 5.94. The molecule has 1 amide bonds. The normalized spacial score (nSPS) is 10.4. The minimum absolute atomic E-state index is 0.0122. The Morgan fingerprint density at radius 1 is 1.47 bits per heavy atom. The summed E-state index contributed by atoms with van der Waals surface area (Å²) < 4.78 is 0. The number of rotatable bonds is 5. The molecule has 19 heavy (non-hydrogen) atoms. The van der Waals surface area contributed by atoms with Gasteiger partial charge in [-0.2, -0.15) is 0 Å². The van der Waals surface area contributed by atoms with E-state index in [0.717, 1.165) is 11.3 Å². The maximum absolute atomic E-state index is 12.3. The monoisotopic (exact) mass is 258 g/mol. The Morgan fingerprint density at radius 2 is 2.32 bits per heavy atom. The molecule has 2 aromatic rings. The summed E-state index contributed by atoms with van der Waals surface area (Å²) >= 11 is 0. The molecule has 0 unspecified atom stereocenters. The maximum atomic E-state index is 12.3. The van der Waals surface area contributed by atoms with Crippen LogP contribution in [0, 0.1) is 0 Å². The number of carbonyl (C=O) groups is 1. The minimum Gasteiger partial charge on any atom is -0.367 e. The number of nitrogens with two attached hydrogens (primary N) is 1. The summed E-state index contributed by atoms with van der Waals surface area (Å²) in [5.74, 6) is -0.0122. The zero-order chi connectivity index (χ0) is 13.7. The molecule has 0 spiro atoms. The number of hydrogen-bond acceptors (Lipinski definition) is 3. The molecule has 0 radical (unpaired) electrons. The quantitative estimate of drug-likeness (QED) is 0.845. The molecule has 0 aliphatic carbocycles. The Morgan fingerprint density at radius 3 is 3.00 bits per heavy atom. The summed E-state index contributed by atoms with van der Waals surface area (Å²) in [6.07, 6.45) is 6.07. The van der Waals surface area contributed by atoms with Crippen LogP contribution in [0.1, 0.15) is 21.6 Å². The van der Waals surface area contributed by atoms with Crippen LogP contribution in [0.3, 0.4) is 0 Å². The molecule has 0 aliphatic heterocycles. The lowest BCUT2D eigenvalue weighted by molar-refractivity contribution is 0.0785. The van der Waals surface area contributed by atoms with Gasteiger partial charge < -0.3 is 15.6 Å². The van der Waals surface area contributed by atoms with Crippen LogP contribution in [0.15, 0.2) is 36.8 Å². The molecule has 2 rings (SSSR count). The van der Waals surface area contributed by atoms with E-state index in [1.165, 1.54) is 0 Å². The fourth-order valence-electron chi connectivity index (χ4n) is 1.92. The lowest BCUT2D eigenvalue weighted by Gasteiger charge is -2.16. The van der Waals surface area contributed by atoms with E-state index in [1.807, 2.05) is 24.5 Å². The third-order valence-corrected chi connectivity index (χ3v) is 2.89. The van der Waals surface area contributed by atoms with E-state index >= 15 is 0 Å². The Bertz CT molecular complexity index is 536. The van der Waals surface area contributed by atoms with Crippen molar-refractivity contribution in [3.8, 4) is 0 Å². The van der Waals surface area contributed by atoms with Crippen LogP contribution >= 0.6 is 0 Å². The van der Waals surface area contributed by atoms with Gasteiger partial charge in [0.1, 0.15) is 0 Å². The number of aromatic nitrogens is 2. The molecule has 0 bridgehead atoms. The third kappa shape index (κ3) is 3.42. The van der Waals surface area contributed by atoms with Gasteiger partial charge in [-0.1, -0.05) is 0 Å². The number of nitrogens with one attached hydrogen (secondary N) is 1. The van der Waals surface area contributed by atoms with Gasteiger partial charge in [-0.05, 0) is 30.3 Å². The highest BCUT2D eigenvalue weighted by Crippen LogP contribution is 2.09. The average Bonchev–Trinajstić information content (AvgIpc) is 2.91. The van der Waals surface area contributed by atoms with Crippen LogP contribution in [0.5, 0.6) is 0 Å². The van der Waals surface area contributed by atoms with E-state index < -0.39 is 0 Å². The SMILES string of the molecule is CN(Cc1cc[nH]c1)C(=O)c1ccnc(CCN)c1. The highest BCUT2D eigenvalue weighted by atomic mass is 16.2. The van der Waals surface area contributed by atoms with E-state index in [-0.39, 0.29) is 5.91 Å². The summed E-state index contributed by atoms with van der Waals surface area (Å²) in [6, 6.07) is 5.50. The van der Waals surface area contributed by atoms with E-state index in [2.05, 4.69) is 9.97 Å². The number of H-pyrrole nitrogens is 1. The van der Waals surface area contributed by atoms with Crippen LogP contribution in [0.4, 0.5) is 0 Å². The predicted molar refractivity (Wildman–Crippen MR) is 73.6 cm³/mol. The smallest absolute Gasteiger partial charge is 0.254 e. The summed E-state index contributed by atoms with van der Waals surface area (Å²) in [4.78, 5) is 21.1. The van der Waals surface area contributed by atoms with Crippen LogP contribution in [-0.2, 0) is 13.0 Å². The second-order valence-corrected chi connectivity index (χ2v) is 4.45. The van der Waals surface area contributed by atoms with Gasteiger partial charge in [0.15, 0.2) is 0 Å². The standard InChI is InChI=1S/C14H18N4O/c1-18(10-11-3-6-16-9-11)14(19)12-4-7-17-13(8-12)2-5-15/h3-4,6-9,16H,2,5,10,15H2,1H3. The first kappa shape index (κ1) is 13.3. The summed E-state index contributed by atoms with van der Waals surface area (Å²) in [7, 11) is 1.79. The molecule has 0 saturated carbocycles. The Labute approximate surface area is 112 Å². The van der Waals surface area contributed by atoms with Crippen LogP contribution in [0.25, 0.3) is 0 Å². The second kappa shape index (κ2) is 6.15. The van der Waals surface area contributed by atoms with E-state index in [0.29, 0.717) is 25.1 Å². The van der Waals surface area contributed by atoms with Crippen LogP contribution in [-0.4, -0.2) is 34.4 Å². The number of hydrogen-bond donors (Lipinski definition) is 2. The Hall–Kier alpha value is -2.14. The lowest BCUT2D eigenvalue weighted by atomic mass is 10.1. The summed E-state index contributed by atoms with van der Waals surface area (Å²) in [6.45, 7) is 1.11. The molecule has 0 aromatic carbocycles. The van der Waals surface area contributed by atoms with Crippen molar-refractivity contribution in [3.05, 3.63) is 53.6 Å². The second-order valence-electron chi connectivity index (χ2n) is 4.45. The minimum atomic E-state index is -0.0122. The number of pyridine rings is 1. The van der Waals surface area contributed by atoms with Gasteiger partial charge in [0.05, 0.1) is 0 Å². The summed E-state index contributed by atoms with van der Waals surface area (Å²) in [5, 5.41) is 0. The fraction of sp³-hybridized carbons (Fsp3) is 0.286. The van der Waals surface area contributed by atoms with E-state index in [9.17, 15) is 4.79 Å². The van der Waals surface area contributed by atoms with E-state index in [1.54, 1.807) is 24.2 Å². The van der Waals surface area contributed by atoms with Crippen molar-refractivity contribution in [2.75, 3.05) is 13.6 Å². The molecule has 5 heteroatoms. The molecular weight excluding hydrogens is 240 g/mol. The van der Waals surface area contributed by atoms with Crippen molar-refractivity contribution >= 4 is 5.91 Å². The van der Waals surface area contributed by atoms with Gasteiger partial charge in [0.2, 0.25) is 0 Å². The third-order valence-electron chi connectivity index (χ3n) is 2.89. The van der Waals surface area contributed by atoms with Gasteiger partial charge in [0, 0.05) is 49.9 Å². The maximum Gasteiger partial charge on any atom is 0.254 e. The van der Waals surface area contributed by atoms with Crippen molar-refractivity contribution in [1.82, 2.24) is 14.9 Å². The first-order valence-corrected chi connectivity index (χ1v) is 6.23. The zero-order valence-corrected chi connectivity index (χ0v) is 11.0. The molecule has 3 N–H and O–H groups in total. The van der Waals surface area contributed by atoms with Gasteiger partial charge in [-0.25, -0.2) is 0 Å². The molecule has 2 heterocycles. The lowest BCUT2D eigenvalue weighted by Crippen LogP contribution is -2.26. The molecule has 0 aliphatic rings. The predicted octanol–water partition coefficient (Wildman–Crippen LogP) is 1.18. The van der Waals surface area contributed by atoms with Crippen molar-refractivity contribution in [2.45, 2.75) is 13.0 Å². The van der Waals surface area contributed by atoms with Crippen molar-refractivity contribution in [1.29, 1.82) is 0 Å². The fourth-order valence-corrected chi connectivity index (χ4v) is 1.92. The number of nitrogens with zero attached hydrogens (tertiary/aromatic N) is 2. The largest absolute Gasteiger partial charge is 0.367 e. The molecule has 0 fully saturated rings. The van der Waals surface area contributed by atoms with E-state index in [4.69, 9.17) is 5.73 Å². The topological polar surface area (TPSA) is 75.0 Å². The number of aromatic amines is 1. The van der Waals surface area contributed by atoms with Crippen molar-refractivity contribution < 1.29 is 4.79 Å². The molecule has 2 aromatic heterocycles. The Kier molecular flexibility index (Phi) is 4.30. The summed E-state index contributed by atoms with van der Waals surface area (Å²) in [5.41, 5.74) is 8.07. The first-order valence-electron chi connectivity index (χ1n) is 6.23. The molecule has 0 atom stereocenters. The van der Waals surface area contributed by atoms with Gasteiger partial charge in [-0.3, -0.25) is 9.78 Å². The number of carbonyl (C=O) groups excluding carboxylic acids is 1. The number of amides is 1. The van der Waals surface area contributed by atoms with Crippen LogP contribution in [0.2, 0.25) is 0 Å². The van der Waals surface area contributed by atoms with Gasteiger partial charge >= 0.3 is 0 Å². The molecule has 5 nitrogen and oxygen atoms in total. The molecular formula is C14H18N4O. The molecule has 0 saturated heterocycles. The zero-order valence-electron chi connectivity index (χ0n) is 11.0. The highest BCUT2D eigenvalue weighted by Gasteiger charge is 2.12. The van der Waals surface area contributed by atoms with Crippen molar-refractivity contribution in [3.63, 3.8) is 0 Å². The Balaban J connectivity index is 2.08. The van der Waals surface area contributed by atoms with Crippen molar-refractivity contribution in [2.24, 2.45) is 5.73 Å². The average molecular weight is 258 g/mol.